The minimum absolute atomic E-state index is 0.251. The number of hydrogen-bond acceptors (Lipinski definition) is 4. The fourth-order valence-electron chi connectivity index (χ4n) is 1.39. The zero-order valence-electron chi connectivity index (χ0n) is 9.41. The number of halogens is 2. The van der Waals surface area contributed by atoms with Crippen molar-refractivity contribution in [2.24, 2.45) is 0 Å². The lowest BCUT2D eigenvalue weighted by molar-refractivity contribution is 0.660. The topological polar surface area (TPSA) is 76.7 Å². The first-order chi connectivity index (χ1) is 8.52. The van der Waals surface area contributed by atoms with E-state index in [1.54, 1.807) is 12.1 Å². The van der Waals surface area contributed by atoms with Crippen molar-refractivity contribution in [3.63, 3.8) is 0 Å². The maximum Gasteiger partial charge on any atom is 0.343 e. The van der Waals surface area contributed by atoms with Gasteiger partial charge in [-0.25, -0.2) is 9.89 Å². The highest BCUT2D eigenvalue weighted by Gasteiger charge is 2.12. The molecule has 8 heteroatoms. The predicted molar refractivity (Wildman–Crippen MR) is 73.5 cm³/mol. The van der Waals surface area contributed by atoms with Crippen LogP contribution >= 0.6 is 35.0 Å². The summed E-state index contributed by atoms with van der Waals surface area (Å²) in [6.45, 7) is 2.39. The molecule has 0 aliphatic heterocycles. The molecule has 0 unspecified atom stereocenters. The van der Waals surface area contributed by atoms with Gasteiger partial charge in [-0.15, -0.1) is 5.10 Å². The van der Waals surface area contributed by atoms with Gasteiger partial charge in [0.25, 0.3) is 0 Å². The van der Waals surface area contributed by atoms with Gasteiger partial charge >= 0.3 is 5.69 Å². The Balaban J connectivity index is 2.40. The number of aromatic nitrogens is 3. The largest absolute Gasteiger partial charge is 0.398 e. The van der Waals surface area contributed by atoms with Crippen molar-refractivity contribution in [3.8, 4) is 0 Å². The number of nitrogens with two attached hydrogens (primary N) is 1. The maximum absolute atomic E-state index is 11.4. The summed E-state index contributed by atoms with van der Waals surface area (Å²) in [7, 11) is 0. The van der Waals surface area contributed by atoms with Gasteiger partial charge in [0.1, 0.15) is 0 Å². The third kappa shape index (κ3) is 2.50. The van der Waals surface area contributed by atoms with E-state index in [-0.39, 0.29) is 5.69 Å². The highest BCUT2D eigenvalue weighted by atomic mass is 35.5. The van der Waals surface area contributed by atoms with Crippen LogP contribution in [0.4, 0.5) is 5.69 Å². The monoisotopic (exact) mass is 304 g/mol. The Morgan fingerprint density at radius 2 is 2.11 bits per heavy atom. The minimum Gasteiger partial charge on any atom is -0.398 e. The number of hydrogen-bond donors (Lipinski definition) is 2. The summed E-state index contributed by atoms with van der Waals surface area (Å²) in [6.07, 6.45) is 0. The Bertz CT molecular complexity index is 637. The van der Waals surface area contributed by atoms with Crippen molar-refractivity contribution >= 4 is 40.7 Å². The maximum atomic E-state index is 11.4. The van der Waals surface area contributed by atoms with E-state index in [1.165, 1.54) is 16.3 Å². The third-order valence-electron chi connectivity index (χ3n) is 2.29. The van der Waals surface area contributed by atoms with Crippen LogP contribution in [0, 0.1) is 0 Å². The summed E-state index contributed by atoms with van der Waals surface area (Å²) < 4.78 is 1.51. The van der Waals surface area contributed by atoms with Gasteiger partial charge in [-0.3, -0.25) is 4.57 Å². The number of benzene rings is 1. The molecular formula is C10H10Cl2N4OS. The Hall–Kier alpha value is -1.11. The van der Waals surface area contributed by atoms with Gasteiger partial charge in [0.15, 0.2) is 5.16 Å². The Morgan fingerprint density at radius 3 is 2.78 bits per heavy atom. The molecule has 0 amide bonds. The van der Waals surface area contributed by atoms with Gasteiger partial charge in [0.2, 0.25) is 0 Å². The van der Waals surface area contributed by atoms with Gasteiger partial charge in [0, 0.05) is 17.1 Å². The molecular weight excluding hydrogens is 295 g/mol. The van der Waals surface area contributed by atoms with Crippen LogP contribution in [0.15, 0.2) is 27.0 Å². The van der Waals surface area contributed by atoms with Gasteiger partial charge in [-0.2, -0.15) is 0 Å². The number of nitrogen functional groups attached to an aromatic ring is 1. The molecule has 1 aromatic heterocycles. The SMILES string of the molecule is CCn1c(Sc2cc(Cl)c(Cl)cc2N)n[nH]c1=O. The summed E-state index contributed by atoms with van der Waals surface area (Å²) in [6, 6.07) is 3.23. The molecule has 3 N–H and O–H groups in total. The van der Waals surface area contributed by atoms with Crippen LogP contribution in [0.25, 0.3) is 0 Å². The van der Waals surface area contributed by atoms with Gasteiger partial charge in [-0.05, 0) is 30.8 Å². The first-order valence-electron chi connectivity index (χ1n) is 5.10. The molecule has 5 nitrogen and oxygen atoms in total. The van der Waals surface area contributed by atoms with Gasteiger partial charge in [-0.1, -0.05) is 23.2 Å². The first kappa shape index (κ1) is 13.3. The molecule has 96 valence electrons. The van der Waals surface area contributed by atoms with Crippen molar-refractivity contribution < 1.29 is 0 Å². The van der Waals surface area contributed by atoms with Crippen LogP contribution in [0.5, 0.6) is 0 Å². The van der Waals surface area contributed by atoms with Crippen molar-refractivity contribution in [1.82, 2.24) is 14.8 Å². The summed E-state index contributed by atoms with van der Waals surface area (Å²) in [5.41, 5.74) is 6.09. The van der Waals surface area contributed by atoms with Crippen molar-refractivity contribution in [2.75, 3.05) is 5.73 Å². The fourth-order valence-corrected chi connectivity index (χ4v) is 2.75. The highest BCUT2D eigenvalue weighted by molar-refractivity contribution is 7.99. The van der Waals surface area contributed by atoms with E-state index in [0.29, 0.717) is 32.3 Å². The molecule has 2 rings (SSSR count). The van der Waals surface area contributed by atoms with E-state index >= 15 is 0 Å². The zero-order valence-corrected chi connectivity index (χ0v) is 11.7. The second kappa shape index (κ2) is 5.26. The van der Waals surface area contributed by atoms with Crippen LogP contribution in [0.2, 0.25) is 10.0 Å². The van der Waals surface area contributed by atoms with Crippen LogP contribution in [0.3, 0.4) is 0 Å². The number of nitrogens with one attached hydrogen (secondary N) is 1. The smallest absolute Gasteiger partial charge is 0.343 e. The van der Waals surface area contributed by atoms with Crippen molar-refractivity contribution in [3.05, 3.63) is 32.7 Å². The molecule has 0 fully saturated rings. The van der Waals surface area contributed by atoms with E-state index in [4.69, 9.17) is 28.9 Å². The Kier molecular flexibility index (Phi) is 3.89. The number of rotatable bonds is 3. The van der Waals surface area contributed by atoms with Crippen LogP contribution < -0.4 is 11.4 Å². The summed E-state index contributed by atoms with van der Waals surface area (Å²) >= 11 is 13.0. The first-order valence-corrected chi connectivity index (χ1v) is 6.67. The van der Waals surface area contributed by atoms with Gasteiger partial charge in [0.05, 0.1) is 10.0 Å². The van der Waals surface area contributed by atoms with E-state index < -0.39 is 0 Å². The van der Waals surface area contributed by atoms with Crippen LogP contribution in [0.1, 0.15) is 6.92 Å². The van der Waals surface area contributed by atoms with Crippen LogP contribution in [-0.4, -0.2) is 14.8 Å². The molecule has 0 saturated carbocycles. The minimum atomic E-state index is -0.251. The number of anilines is 1. The number of aromatic amines is 1. The Labute approximate surface area is 117 Å². The molecule has 0 aliphatic carbocycles. The molecule has 0 aliphatic rings. The van der Waals surface area contributed by atoms with E-state index in [9.17, 15) is 4.79 Å². The number of nitrogens with zero attached hydrogens (tertiary/aromatic N) is 2. The summed E-state index contributed by atoms with van der Waals surface area (Å²) in [5.74, 6) is 0. The summed E-state index contributed by atoms with van der Waals surface area (Å²) in [5, 5.41) is 7.67. The molecule has 0 radical (unpaired) electrons. The third-order valence-corrected chi connectivity index (χ3v) is 4.08. The predicted octanol–water partition coefficient (Wildman–Crippen LogP) is 2.63. The lowest BCUT2D eigenvalue weighted by Crippen LogP contribution is -2.16. The van der Waals surface area contributed by atoms with Crippen molar-refractivity contribution in [2.45, 2.75) is 23.5 Å². The molecule has 0 atom stereocenters. The standard InChI is InChI=1S/C10H10Cl2N4OS/c1-2-16-9(17)14-15-10(16)18-8-4-6(12)5(11)3-7(8)13/h3-4H,2,13H2,1H3,(H,14,17). The van der Waals surface area contributed by atoms with Crippen molar-refractivity contribution in [1.29, 1.82) is 0 Å². The Morgan fingerprint density at radius 1 is 1.44 bits per heavy atom. The van der Waals surface area contributed by atoms with E-state index in [0.717, 1.165) is 0 Å². The highest BCUT2D eigenvalue weighted by Crippen LogP contribution is 2.36. The second-order valence-electron chi connectivity index (χ2n) is 3.46. The average molecular weight is 305 g/mol. The second-order valence-corrected chi connectivity index (χ2v) is 5.29. The molecule has 1 aromatic carbocycles. The molecule has 0 spiro atoms. The molecule has 2 aromatic rings. The quantitative estimate of drug-likeness (QED) is 0.855. The van der Waals surface area contributed by atoms with E-state index in [1.807, 2.05) is 6.92 Å². The average Bonchev–Trinajstić information content (AvgIpc) is 2.67. The summed E-state index contributed by atoms with van der Waals surface area (Å²) in [4.78, 5) is 12.1. The van der Waals surface area contributed by atoms with Gasteiger partial charge < -0.3 is 5.73 Å². The molecule has 1 heterocycles. The van der Waals surface area contributed by atoms with Crippen LogP contribution in [-0.2, 0) is 6.54 Å². The molecule has 18 heavy (non-hydrogen) atoms. The fraction of sp³-hybridized carbons (Fsp3) is 0.200. The normalized spacial score (nSPS) is 10.8. The molecule has 0 saturated heterocycles. The zero-order chi connectivity index (χ0) is 13.3. The lowest BCUT2D eigenvalue weighted by Gasteiger charge is -2.07. The molecule has 0 bridgehead atoms. The lowest BCUT2D eigenvalue weighted by atomic mass is 10.3. The number of H-pyrrole nitrogens is 1. The van der Waals surface area contributed by atoms with E-state index in [2.05, 4.69) is 10.2 Å².